The molecule has 12 nitrogen and oxygen atoms in total. The first-order valence-electron chi connectivity index (χ1n) is 32.2. The molecule has 0 bridgehead atoms. The number of hydrogen-bond donors (Lipinski definition) is 10. The second-order valence-corrected chi connectivity index (χ2v) is 16.4. The molecule has 0 spiro atoms. The van der Waals surface area contributed by atoms with Crippen LogP contribution in [0.15, 0.2) is 24.6 Å². The molecule has 0 aromatic heterocycles. The van der Waals surface area contributed by atoms with Gasteiger partial charge in [-0.3, -0.25) is 0 Å². The minimum absolute atomic E-state index is 0.889. The van der Waals surface area contributed by atoms with E-state index in [0.29, 0.717) is 0 Å². The molecule has 14 heteroatoms. The van der Waals surface area contributed by atoms with Crippen LogP contribution < -0.4 is 53.2 Å². The maximum absolute atomic E-state index is 5.01. The fourth-order valence-corrected chi connectivity index (χ4v) is 7.38. The van der Waals surface area contributed by atoms with Crippen LogP contribution in [0.1, 0.15) is 222 Å². The van der Waals surface area contributed by atoms with Crippen molar-refractivity contribution < 1.29 is 9.47 Å². The van der Waals surface area contributed by atoms with Crippen molar-refractivity contribution in [1.29, 1.82) is 0 Å². The van der Waals surface area contributed by atoms with Crippen molar-refractivity contribution in [2.45, 2.75) is 222 Å². The molecule has 0 saturated carbocycles. The van der Waals surface area contributed by atoms with E-state index in [4.69, 9.17) is 9.47 Å². The van der Waals surface area contributed by atoms with Crippen LogP contribution in [0.25, 0.3) is 0 Å². The number of ether oxygens (including phenoxy) is 2. The summed E-state index contributed by atoms with van der Waals surface area (Å²) in [5.74, 6) is 5.44. The van der Waals surface area contributed by atoms with Gasteiger partial charge < -0.3 is 62.6 Å². The third kappa shape index (κ3) is 126. The van der Waals surface area contributed by atoms with Crippen LogP contribution in [-0.2, 0) is 9.47 Å². The molecule has 10 aliphatic rings. The standard InChI is InChI=1S/C6H10.C5H11N.C4H10N2.C4H9NO.C4H9NS.C4H9N.C4H8O.C4H8S.C3H8N2.C3H6N2.10C2H6/c2*1-2-4-6-5-3-1;1-2-6-4-3-5-1;2*1-3-6-4-2-5-1;3*1-2-4-5-3-1;2*1-2-5-3-4-1;10*1-2/h1-2H,3-6H2;6H,1-5H2;5-6H,1-4H2;2*5H,1-4H2;5H,1-4H2;2*1-4H2;4-5H,1-3H2;1-2,4-5H,3H2;10*1-2H3. The smallest absolute Gasteiger partial charge is 0.0840 e. The minimum atomic E-state index is 0.889. The zero-order valence-electron chi connectivity index (χ0n) is 55.1. The molecule has 8 fully saturated rings. The average Bonchev–Trinajstić information content (AvgIpc) is 4.43. The lowest BCUT2D eigenvalue weighted by Crippen LogP contribution is -2.39. The quantitative estimate of drug-likeness (QED) is 0.105. The Bertz CT molecular complexity index is 573. The van der Waals surface area contributed by atoms with Gasteiger partial charge in [-0.1, -0.05) is 157 Å². The third-order valence-electron chi connectivity index (χ3n) is 8.88. The Kier molecular flexibility index (Phi) is 167. The summed E-state index contributed by atoms with van der Waals surface area (Å²) in [5, 5.41) is 31.5. The Morgan fingerprint density at radius 1 is 0.253 bits per heavy atom. The predicted molar refractivity (Wildman–Crippen MR) is 357 cm³/mol. The Labute approximate surface area is 484 Å². The summed E-state index contributed by atoms with van der Waals surface area (Å²) in [4.78, 5) is 0. The largest absolute Gasteiger partial charge is 0.381 e. The van der Waals surface area contributed by atoms with E-state index in [2.05, 4.69) is 77.1 Å². The normalized spacial score (nSPS) is 17.8. The van der Waals surface area contributed by atoms with Crippen LogP contribution in [0, 0.1) is 0 Å². The van der Waals surface area contributed by atoms with Crippen molar-refractivity contribution in [3.8, 4) is 0 Å². The van der Waals surface area contributed by atoms with Crippen molar-refractivity contribution >= 4 is 23.5 Å². The third-order valence-corrected chi connectivity index (χ3v) is 11.0. The van der Waals surface area contributed by atoms with Gasteiger partial charge in [-0.2, -0.15) is 23.5 Å². The van der Waals surface area contributed by atoms with Gasteiger partial charge in [0, 0.05) is 109 Å². The highest BCUT2D eigenvalue weighted by Gasteiger charge is 1.97. The molecule has 9 heterocycles. The number of piperidine rings is 1. The summed E-state index contributed by atoms with van der Waals surface area (Å²) >= 11 is 4.11. The van der Waals surface area contributed by atoms with Crippen LogP contribution in [0.3, 0.4) is 0 Å². The minimum Gasteiger partial charge on any atom is -0.381 e. The average molecular weight is 1120 g/mol. The van der Waals surface area contributed by atoms with Gasteiger partial charge in [-0.25, -0.2) is 0 Å². The van der Waals surface area contributed by atoms with Crippen molar-refractivity contribution in [2.75, 3.05) is 154 Å². The summed E-state index contributed by atoms with van der Waals surface area (Å²) in [6, 6.07) is 0. The van der Waals surface area contributed by atoms with Crippen LogP contribution in [0.2, 0.25) is 0 Å². The highest BCUT2D eigenvalue weighted by atomic mass is 32.2. The summed E-state index contributed by atoms with van der Waals surface area (Å²) in [7, 11) is 0. The first-order valence-corrected chi connectivity index (χ1v) is 34.5. The number of allylic oxidation sites excluding steroid dienone is 2. The van der Waals surface area contributed by atoms with Crippen LogP contribution >= 0.6 is 23.5 Å². The molecule has 10 rings (SSSR count). The first kappa shape index (κ1) is 96.6. The Hall–Kier alpha value is -0.620. The van der Waals surface area contributed by atoms with E-state index in [9.17, 15) is 0 Å². The molecule has 0 aromatic carbocycles. The molecular weight excluding hydrogens is 969 g/mol. The van der Waals surface area contributed by atoms with Gasteiger partial charge in [0.15, 0.2) is 0 Å². The zero-order chi connectivity index (χ0) is 58.9. The van der Waals surface area contributed by atoms with Crippen molar-refractivity contribution in [3.63, 3.8) is 0 Å². The van der Waals surface area contributed by atoms with E-state index in [0.717, 1.165) is 92.1 Å². The number of rotatable bonds is 0. The Morgan fingerprint density at radius 2 is 0.560 bits per heavy atom. The molecule has 10 N–H and O–H groups in total. The fraction of sp³-hybridized carbons (Fsp3) is 0.934. The van der Waals surface area contributed by atoms with E-state index in [1.54, 1.807) is 0 Å². The van der Waals surface area contributed by atoms with Gasteiger partial charge in [0.25, 0.3) is 0 Å². The zero-order valence-corrected chi connectivity index (χ0v) is 56.7. The molecule has 0 amide bonds. The highest BCUT2D eigenvalue weighted by Crippen LogP contribution is 2.14. The number of piperazine rings is 1. The molecule has 0 atom stereocenters. The van der Waals surface area contributed by atoms with Crippen molar-refractivity contribution in [1.82, 2.24) is 53.2 Å². The second-order valence-electron chi connectivity index (χ2n) is 14.0. The SMILES string of the molecule is C1=CCCCC1.C1=CNCN1.C1CCNC1.C1CCNCC1.C1CCOC1.C1CCSC1.C1CNCCN1.C1CNCN1.C1COCCN1.C1CSCCN1.CC.CC.CC.CC.CC.CC.CC.CC.CC.CC. The summed E-state index contributed by atoms with van der Waals surface area (Å²) in [5.41, 5.74) is 0. The lowest BCUT2D eigenvalue weighted by Gasteiger charge is -2.11. The molecule has 0 unspecified atom stereocenters. The summed E-state index contributed by atoms with van der Waals surface area (Å²) < 4.78 is 9.95. The van der Waals surface area contributed by atoms with Crippen molar-refractivity contribution in [2.24, 2.45) is 0 Å². The van der Waals surface area contributed by atoms with Crippen LogP contribution in [0.5, 0.6) is 0 Å². The predicted octanol–water partition coefficient (Wildman–Crippen LogP) is 13.7. The Balaban J connectivity index is -0.0000000755. The maximum Gasteiger partial charge on any atom is 0.0840 e. The summed E-state index contributed by atoms with van der Waals surface area (Å²) in [6.45, 7) is 62.0. The Morgan fingerprint density at radius 3 is 0.693 bits per heavy atom. The summed E-state index contributed by atoms with van der Waals surface area (Å²) in [6.07, 6.45) is 26.2. The van der Waals surface area contributed by atoms with Gasteiger partial charge >= 0.3 is 0 Å². The lowest BCUT2D eigenvalue weighted by molar-refractivity contribution is 0.109. The molecule has 466 valence electrons. The van der Waals surface area contributed by atoms with Gasteiger partial charge in [0.2, 0.25) is 0 Å². The van der Waals surface area contributed by atoms with E-state index in [1.165, 1.54) is 146 Å². The van der Waals surface area contributed by atoms with Gasteiger partial charge in [0.05, 0.1) is 19.9 Å². The fourth-order valence-electron chi connectivity index (χ4n) is 5.58. The maximum atomic E-state index is 5.01. The van der Waals surface area contributed by atoms with Crippen molar-refractivity contribution in [3.05, 3.63) is 24.6 Å². The molecular formula is C61H148N10O2S2. The highest BCUT2D eigenvalue weighted by molar-refractivity contribution is 7.99. The number of thioether (sulfide) groups is 2. The lowest BCUT2D eigenvalue weighted by atomic mass is 10.1. The van der Waals surface area contributed by atoms with Gasteiger partial charge in [0.1, 0.15) is 0 Å². The van der Waals surface area contributed by atoms with Gasteiger partial charge in [-0.05, 0) is 115 Å². The monoisotopic (exact) mass is 1120 g/mol. The first-order chi connectivity index (χ1) is 37.5. The molecule has 8 saturated heterocycles. The van der Waals surface area contributed by atoms with Crippen LogP contribution in [-0.4, -0.2) is 154 Å². The topological polar surface area (TPSA) is 139 Å². The molecule has 0 radical (unpaired) electrons. The molecule has 75 heavy (non-hydrogen) atoms. The number of morpholine rings is 1. The molecule has 1 aliphatic carbocycles. The second kappa shape index (κ2) is 130. The van der Waals surface area contributed by atoms with E-state index in [1.807, 2.05) is 163 Å². The number of nitrogens with one attached hydrogen (secondary N) is 10. The van der Waals surface area contributed by atoms with Crippen LogP contribution in [0.4, 0.5) is 0 Å². The van der Waals surface area contributed by atoms with Gasteiger partial charge in [-0.15, -0.1) is 0 Å². The molecule has 0 aromatic rings. The molecule has 9 aliphatic heterocycles. The van der Waals surface area contributed by atoms with E-state index in [-0.39, 0.29) is 0 Å². The number of hydrogen-bond acceptors (Lipinski definition) is 14. The van der Waals surface area contributed by atoms with E-state index >= 15 is 0 Å². The van der Waals surface area contributed by atoms with E-state index < -0.39 is 0 Å².